The highest BCUT2D eigenvalue weighted by Gasteiger charge is 2.60. The molecule has 2 bridgehead atoms. The lowest BCUT2D eigenvalue weighted by atomic mass is 9.75. The Balaban J connectivity index is 1.70. The van der Waals surface area contributed by atoms with Crippen molar-refractivity contribution < 1.29 is 14.0 Å². The molecule has 0 radical (unpaired) electrons. The maximum atomic E-state index is 13.0. The van der Waals surface area contributed by atoms with Gasteiger partial charge in [-0.2, -0.15) is 0 Å². The van der Waals surface area contributed by atoms with E-state index in [4.69, 9.17) is 4.74 Å². The summed E-state index contributed by atoms with van der Waals surface area (Å²) in [4.78, 5) is 13.0. The smallest absolute Gasteiger partial charge is 0.315 e. The van der Waals surface area contributed by atoms with Gasteiger partial charge in [-0.25, -0.2) is 0 Å². The molecule has 0 spiro atoms. The van der Waals surface area contributed by atoms with E-state index < -0.39 is 0 Å². The van der Waals surface area contributed by atoms with Crippen LogP contribution in [-0.4, -0.2) is 42.7 Å². The van der Waals surface area contributed by atoms with Gasteiger partial charge >= 0.3 is 5.97 Å². The van der Waals surface area contributed by atoms with E-state index in [1.165, 1.54) is 9.13 Å². The van der Waals surface area contributed by atoms with Crippen LogP contribution in [0.25, 0.3) is 0 Å². The molecular formula is C20H27INO2+. The fourth-order valence-electron chi connectivity index (χ4n) is 5.25. The third-order valence-electron chi connectivity index (χ3n) is 6.70. The molecule has 0 amide bonds. The minimum atomic E-state index is 0.00172. The number of carbonyl (C=O) groups excluding carboxylic acids is 1. The molecule has 24 heavy (non-hydrogen) atoms. The molecule has 5 atom stereocenters. The molecule has 4 rings (SSSR count). The number of piperidine rings is 1. The fraction of sp³-hybridized carbons (Fsp3) is 0.650. The number of rotatable bonds is 3. The summed E-state index contributed by atoms with van der Waals surface area (Å²) in [6.07, 6.45) is 4.53. The van der Waals surface area contributed by atoms with E-state index in [1.54, 1.807) is 0 Å². The maximum Gasteiger partial charge on any atom is 0.315 e. The van der Waals surface area contributed by atoms with E-state index in [0.29, 0.717) is 23.9 Å². The van der Waals surface area contributed by atoms with Crippen molar-refractivity contribution in [1.82, 2.24) is 0 Å². The van der Waals surface area contributed by atoms with Crippen LogP contribution >= 0.6 is 22.6 Å². The Morgan fingerprint density at radius 1 is 1.12 bits per heavy atom. The second kappa shape index (κ2) is 5.97. The highest BCUT2D eigenvalue weighted by atomic mass is 127. The van der Waals surface area contributed by atoms with Crippen molar-refractivity contribution in [3.05, 3.63) is 33.4 Å². The molecule has 3 aliphatic rings. The van der Waals surface area contributed by atoms with E-state index in [1.807, 2.05) is 0 Å². The number of quaternary nitrogens is 1. The molecule has 2 aliphatic heterocycles. The summed E-state index contributed by atoms with van der Waals surface area (Å²) in [7, 11) is 4.64. The van der Waals surface area contributed by atoms with Crippen LogP contribution in [0.3, 0.4) is 0 Å². The summed E-state index contributed by atoms with van der Waals surface area (Å²) in [5.41, 5.74) is 1.32. The SMILES string of the molecule is C[C@H]1CC2C(C(=O)OC3CC3)[C@@H](c3ccc(I)cc3)CC1[N+]2(C)C. The lowest BCUT2D eigenvalue weighted by Crippen LogP contribution is -2.60. The highest BCUT2D eigenvalue weighted by Crippen LogP contribution is 2.52. The number of hydrogen-bond donors (Lipinski definition) is 0. The van der Waals surface area contributed by atoms with Gasteiger partial charge in [0.1, 0.15) is 18.1 Å². The van der Waals surface area contributed by atoms with Crippen molar-refractivity contribution in [2.75, 3.05) is 14.1 Å². The van der Waals surface area contributed by atoms with Gasteiger partial charge in [0.15, 0.2) is 0 Å². The second-order valence-corrected chi connectivity index (χ2v) is 9.78. The molecule has 2 heterocycles. The first-order chi connectivity index (χ1) is 11.4. The van der Waals surface area contributed by atoms with E-state index in [0.717, 1.165) is 30.2 Å². The molecule has 1 saturated carbocycles. The van der Waals surface area contributed by atoms with Crippen molar-refractivity contribution in [3.63, 3.8) is 0 Å². The topological polar surface area (TPSA) is 26.3 Å². The first kappa shape index (κ1) is 16.8. The summed E-state index contributed by atoms with van der Waals surface area (Å²) in [6.45, 7) is 2.37. The third-order valence-corrected chi connectivity index (χ3v) is 7.42. The second-order valence-electron chi connectivity index (χ2n) is 8.53. The van der Waals surface area contributed by atoms with Crippen molar-refractivity contribution in [2.45, 2.75) is 56.7 Å². The van der Waals surface area contributed by atoms with Crippen LogP contribution in [0.15, 0.2) is 24.3 Å². The van der Waals surface area contributed by atoms with Crippen LogP contribution in [0.5, 0.6) is 0 Å². The van der Waals surface area contributed by atoms with Crippen LogP contribution < -0.4 is 0 Å². The number of carbonyl (C=O) groups is 1. The normalized spacial score (nSPS) is 37.2. The summed E-state index contributed by atoms with van der Waals surface area (Å²) in [5.74, 6) is 1.04. The molecule has 3 unspecified atom stereocenters. The van der Waals surface area contributed by atoms with Gasteiger partial charge in [-0.15, -0.1) is 0 Å². The predicted octanol–water partition coefficient (Wildman–Crippen LogP) is 3.95. The van der Waals surface area contributed by atoms with Crippen molar-refractivity contribution in [2.24, 2.45) is 11.8 Å². The van der Waals surface area contributed by atoms with E-state index in [-0.39, 0.29) is 18.0 Å². The molecule has 3 nitrogen and oxygen atoms in total. The Hall–Kier alpha value is -0.620. The molecule has 130 valence electrons. The molecular weight excluding hydrogens is 413 g/mol. The number of benzene rings is 1. The van der Waals surface area contributed by atoms with Crippen LogP contribution in [0.4, 0.5) is 0 Å². The van der Waals surface area contributed by atoms with E-state index in [2.05, 4.69) is 67.9 Å². The number of nitrogens with zero attached hydrogens (tertiary/aromatic N) is 1. The third kappa shape index (κ3) is 2.79. The molecule has 1 aliphatic carbocycles. The summed E-state index contributed by atoms with van der Waals surface area (Å²) >= 11 is 2.34. The van der Waals surface area contributed by atoms with Crippen molar-refractivity contribution in [3.8, 4) is 0 Å². The van der Waals surface area contributed by atoms with E-state index in [9.17, 15) is 4.79 Å². The Bertz CT molecular complexity index is 638. The summed E-state index contributed by atoms with van der Waals surface area (Å²) in [6, 6.07) is 9.80. The largest absolute Gasteiger partial charge is 0.462 e. The van der Waals surface area contributed by atoms with Gasteiger partial charge in [-0.1, -0.05) is 19.1 Å². The molecule has 1 aromatic carbocycles. The predicted molar refractivity (Wildman–Crippen MR) is 103 cm³/mol. The average Bonchev–Trinajstić information content (AvgIpc) is 3.31. The average molecular weight is 440 g/mol. The minimum Gasteiger partial charge on any atom is -0.462 e. The molecule has 4 heteroatoms. The van der Waals surface area contributed by atoms with Crippen LogP contribution in [0.2, 0.25) is 0 Å². The number of esters is 1. The zero-order chi connectivity index (χ0) is 17.1. The number of hydrogen-bond acceptors (Lipinski definition) is 2. The number of fused-ring (bicyclic) bond motifs is 2. The van der Waals surface area contributed by atoms with Gasteiger partial charge in [0.25, 0.3) is 0 Å². The molecule has 2 saturated heterocycles. The zero-order valence-corrected chi connectivity index (χ0v) is 16.9. The first-order valence-corrected chi connectivity index (χ1v) is 10.2. The Morgan fingerprint density at radius 3 is 2.42 bits per heavy atom. The monoisotopic (exact) mass is 440 g/mol. The van der Waals surface area contributed by atoms with E-state index >= 15 is 0 Å². The summed E-state index contributed by atoms with van der Waals surface area (Å²) < 4.78 is 8.03. The quantitative estimate of drug-likeness (QED) is 0.404. The lowest BCUT2D eigenvalue weighted by molar-refractivity contribution is -0.935. The molecule has 0 aromatic heterocycles. The number of ether oxygens (including phenoxy) is 1. The number of halogens is 1. The zero-order valence-electron chi connectivity index (χ0n) is 14.7. The van der Waals surface area contributed by atoms with Gasteiger partial charge in [-0.3, -0.25) is 4.79 Å². The molecule has 1 aromatic rings. The Kier molecular flexibility index (Phi) is 4.19. The summed E-state index contributed by atoms with van der Waals surface area (Å²) in [5, 5.41) is 0. The fourth-order valence-corrected chi connectivity index (χ4v) is 5.61. The van der Waals surface area contributed by atoms with Crippen LogP contribution in [0.1, 0.15) is 44.1 Å². The Labute approximate surface area is 158 Å². The van der Waals surface area contributed by atoms with Gasteiger partial charge in [-0.05, 0) is 53.1 Å². The molecule has 3 fully saturated rings. The van der Waals surface area contributed by atoms with Crippen molar-refractivity contribution in [1.29, 1.82) is 0 Å². The van der Waals surface area contributed by atoms with Gasteiger partial charge in [0.2, 0.25) is 0 Å². The maximum absolute atomic E-state index is 13.0. The standard InChI is InChI=1S/C20H27INO2/c1-12-10-18-19(20(23)24-15-8-9-15)16(11-17(12)22(18,2)3)13-4-6-14(21)7-5-13/h4-7,12,15-19H,8-11H2,1-3H3/q+1/t12-,16+,17?,18?,19?/m0/s1. The van der Waals surface area contributed by atoms with Gasteiger partial charge < -0.3 is 9.22 Å². The Morgan fingerprint density at radius 2 is 1.79 bits per heavy atom. The molecule has 0 N–H and O–H groups in total. The van der Waals surface area contributed by atoms with Crippen LogP contribution in [-0.2, 0) is 9.53 Å². The first-order valence-electron chi connectivity index (χ1n) is 9.17. The van der Waals surface area contributed by atoms with Crippen molar-refractivity contribution >= 4 is 28.6 Å². The van der Waals surface area contributed by atoms with Gasteiger partial charge in [0.05, 0.1) is 20.1 Å². The highest BCUT2D eigenvalue weighted by molar-refractivity contribution is 14.1. The minimum absolute atomic E-state index is 0.00172. The van der Waals surface area contributed by atoms with Crippen LogP contribution in [0, 0.1) is 15.4 Å². The lowest BCUT2D eigenvalue weighted by Gasteiger charge is -2.48. The van der Waals surface area contributed by atoms with Gasteiger partial charge in [0, 0.05) is 28.2 Å².